The average Bonchev–Trinajstić information content (AvgIpc) is 3.10. The van der Waals surface area contributed by atoms with Crippen LogP contribution in [0, 0.1) is 12.8 Å². The number of benzene rings is 2. The molecule has 0 N–H and O–H groups in total. The van der Waals surface area contributed by atoms with Crippen LogP contribution in [0.3, 0.4) is 0 Å². The normalized spacial score (nSPS) is 16.6. The van der Waals surface area contributed by atoms with E-state index in [2.05, 4.69) is 49.8 Å². The number of fused-ring (bicyclic) bond motifs is 1. The molecule has 5 nitrogen and oxygen atoms in total. The Bertz CT molecular complexity index is 1260. The van der Waals surface area contributed by atoms with E-state index in [0.29, 0.717) is 12.5 Å². The summed E-state index contributed by atoms with van der Waals surface area (Å²) in [6, 6.07) is 18.5. The van der Waals surface area contributed by atoms with Gasteiger partial charge in [-0.3, -0.25) is 9.78 Å². The molecule has 1 saturated heterocycles. The third-order valence-electron chi connectivity index (χ3n) is 6.89. The third-order valence-corrected chi connectivity index (χ3v) is 6.89. The van der Waals surface area contributed by atoms with Crippen LogP contribution in [-0.2, 0) is 13.0 Å². The van der Waals surface area contributed by atoms with Gasteiger partial charge in [0.25, 0.3) is 5.91 Å². The van der Waals surface area contributed by atoms with Crippen molar-refractivity contribution in [2.24, 2.45) is 5.92 Å². The highest BCUT2D eigenvalue weighted by atomic mass is 16.2. The second-order valence-corrected chi connectivity index (χ2v) is 9.04. The zero-order valence-electron chi connectivity index (χ0n) is 19.2. The summed E-state index contributed by atoms with van der Waals surface area (Å²) in [5, 5.41) is 1.25. The smallest absolute Gasteiger partial charge is 0.254 e. The molecule has 1 atom stereocenters. The largest absolute Gasteiger partial charge is 0.339 e. The number of carbonyl (C=O) groups excluding carboxylic acids is 1. The van der Waals surface area contributed by atoms with Gasteiger partial charge >= 0.3 is 0 Å². The number of aryl methyl sites for hydroxylation is 1. The highest BCUT2D eigenvalue weighted by molar-refractivity contribution is 5.95. The van der Waals surface area contributed by atoms with Crippen LogP contribution in [0.25, 0.3) is 10.9 Å². The molecule has 2 aromatic heterocycles. The maximum absolute atomic E-state index is 13.5. The van der Waals surface area contributed by atoms with Gasteiger partial charge in [0.05, 0.1) is 5.52 Å². The minimum Gasteiger partial charge on any atom is -0.339 e. The number of imidazole rings is 1. The van der Waals surface area contributed by atoms with Crippen molar-refractivity contribution in [3.05, 3.63) is 95.7 Å². The van der Waals surface area contributed by atoms with Crippen LogP contribution in [0.4, 0.5) is 0 Å². The highest BCUT2D eigenvalue weighted by Gasteiger charge is 2.24. The fourth-order valence-corrected chi connectivity index (χ4v) is 5.01. The van der Waals surface area contributed by atoms with Crippen LogP contribution in [0.2, 0.25) is 0 Å². The molecule has 1 amide bonds. The lowest BCUT2D eigenvalue weighted by Gasteiger charge is -2.22. The third kappa shape index (κ3) is 4.68. The van der Waals surface area contributed by atoms with E-state index in [1.807, 2.05) is 43.6 Å². The minimum atomic E-state index is 0.151. The Balaban J connectivity index is 1.29. The Kier molecular flexibility index (Phi) is 6.20. The first-order chi connectivity index (χ1) is 16.2. The van der Waals surface area contributed by atoms with Gasteiger partial charge < -0.3 is 9.47 Å². The zero-order chi connectivity index (χ0) is 22.6. The molecule has 0 radical (unpaired) electrons. The Morgan fingerprint density at radius 1 is 0.939 bits per heavy atom. The summed E-state index contributed by atoms with van der Waals surface area (Å²) in [5.74, 6) is 1.69. The van der Waals surface area contributed by atoms with Gasteiger partial charge in [0.2, 0.25) is 0 Å². The summed E-state index contributed by atoms with van der Waals surface area (Å²) >= 11 is 0. The molecular weight excluding hydrogens is 408 g/mol. The van der Waals surface area contributed by atoms with E-state index in [1.54, 1.807) is 6.20 Å². The molecule has 1 aliphatic heterocycles. The Morgan fingerprint density at radius 2 is 1.79 bits per heavy atom. The van der Waals surface area contributed by atoms with Gasteiger partial charge in [-0.25, -0.2) is 4.98 Å². The van der Waals surface area contributed by atoms with Crippen LogP contribution < -0.4 is 0 Å². The molecule has 3 heterocycles. The molecule has 0 saturated carbocycles. The molecule has 1 aliphatic rings. The fraction of sp³-hybridized carbons (Fsp3) is 0.321. The van der Waals surface area contributed by atoms with Crippen molar-refractivity contribution in [1.82, 2.24) is 19.4 Å². The number of rotatable bonds is 5. The van der Waals surface area contributed by atoms with Gasteiger partial charge in [-0.2, -0.15) is 0 Å². The lowest BCUT2D eigenvalue weighted by atomic mass is 9.91. The SMILES string of the molecule is Cc1nccn1Cc1ccccc1C(=O)N1CCCC(Cc2ccnc3ccccc23)CC1. The molecule has 168 valence electrons. The molecule has 0 bridgehead atoms. The van der Waals surface area contributed by atoms with E-state index in [4.69, 9.17) is 0 Å². The molecule has 0 aliphatic carbocycles. The lowest BCUT2D eigenvalue weighted by Crippen LogP contribution is -2.33. The summed E-state index contributed by atoms with van der Waals surface area (Å²) in [6.07, 6.45) is 9.96. The predicted octanol–water partition coefficient (Wildman–Crippen LogP) is 5.27. The monoisotopic (exact) mass is 438 g/mol. The summed E-state index contributed by atoms with van der Waals surface area (Å²) in [4.78, 5) is 24.4. The molecule has 33 heavy (non-hydrogen) atoms. The molecule has 2 aromatic carbocycles. The van der Waals surface area contributed by atoms with E-state index in [-0.39, 0.29) is 5.91 Å². The summed E-state index contributed by atoms with van der Waals surface area (Å²) in [6.45, 7) is 4.29. The van der Waals surface area contributed by atoms with E-state index >= 15 is 0 Å². The van der Waals surface area contributed by atoms with E-state index in [0.717, 1.165) is 61.2 Å². The number of para-hydroxylation sites is 1. The zero-order valence-corrected chi connectivity index (χ0v) is 19.2. The number of hydrogen-bond acceptors (Lipinski definition) is 3. The Morgan fingerprint density at radius 3 is 2.67 bits per heavy atom. The Hall–Kier alpha value is -3.47. The highest BCUT2D eigenvalue weighted by Crippen LogP contribution is 2.26. The molecule has 1 unspecified atom stereocenters. The average molecular weight is 439 g/mol. The van der Waals surface area contributed by atoms with Crippen molar-refractivity contribution in [1.29, 1.82) is 0 Å². The first-order valence-electron chi connectivity index (χ1n) is 11.9. The second kappa shape index (κ2) is 9.57. The van der Waals surface area contributed by atoms with Crippen LogP contribution >= 0.6 is 0 Å². The lowest BCUT2D eigenvalue weighted by molar-refractivity contribution is 0.0758. The number of amides is 1. The number of likely N-dealkylation sites (tertiary alicyclic amines) is 1. The van der Waals surface area contributed by atoms with Gasteiger partial charge in [-0.15, -0.1) is 0 Å². The minimum absolute atomic E-state index is 0.151. The van der Waals surface area contributed by atoms with Crippen molar-refractivity contribution in [2.75, 3.05) is 13.1 Å². The maximum Gasteiger partial charge on any atom is 0.254 e. The van der Waals surface area contributed by atoms with Crippen molar-refractivity contribution in [3.8, 4) is 0 Å². The van der Waals surface area contributed by atoms with Crippen LogP contribution in [-0.4, -0.2) is 38.4 Å². The topological polar surface area (TPSA) is 51.0 Å². The number of carbonyl (C=O) groups is 1. The van der Waals surface area contributed by atoms with Gasteiger partial charge in [0.1, 0.15) is 5.82 Å². The summed E-state index contributed by atoms with van der Waals surface area (Å²) < 4.78 is 2.09. The molecule has 5 heteroatoms. The second-order valence-electron chi connectivity index (χ2n) is 9.04. The van der Waals surface area contributed by atoms with E-state index < -0.39 is 0 Å². The van der Waals surface area contributed by atoms with Gasteiger partial charge in [-0.1, -0.05) is 36.4 Å². The van der Waals surface area contributed by atoms with Crippen LogP contribution in [0.15, 0.2) is 73.2 Å². The molecular formula is C28H30N4O. The van der Waals surface area contributed by atoms with E-state index in [1.165, 1.54) is 10.9 Å². The maximum atomic E-state index is 13.5. The van der Waals surface area contributed by atoms with Gasteiger partial charge in [0.15, 0.2) is 0 Å². The number of nitrogens with zero attached hydrogens (tertiary/aromatic N) is 4. The first-order valence-corrected chi connectivity index (χ1v) is 11.9. The molecule has 0 spiro atoms. The number of aromatic nitrogens is 3. The Labute approximate surface area is 195 Å². The van der Waals surface area contributed by atoms with E-state index in [9.17, 15) is 4.79 Å². The van der Waals surface area contributed by atoms with Crippen LogP contribution in [0.5, 0.6) is 0 Å². The fourth-order valence-electron chi connectivity index (χ4n) is 5.01. The molecule has 1 fully saturated rings. The van der Waals surface area contributed by atoms with Crippen LogP contribution in [0.1, 0.15) is 46.6 Å². The summed E-state index contributed by atoms with van der Waals surface area (Å²) in [7, 11) is 0. The first kappa shape index (κ1) is 21.4. The summed E-state index contributed by atoms with van der Waals surface area (Å²) in [5.41, 5.74) is 4.29. The number of pyridine rings is 1. The molecule has 5 rings (SSSR count). The molecule has 4 aromatic rings. The standard InChI is InChI=1S/C28H30N4O/c1-21-29-15-18-32(21)20-24-8-2-3-10-26(24)28(33)31-16-6-7-22(13-17-31)19-23-12-14-30-27-11-5-4-9-25(23)27/h2-5,8-12,14-15,18,22H,6-7,13,16-17,19-20H2,1H3. The number of hydrogen-bond donors (Lipinski definition) is 0. The van der Waals surface area contributed by atoms with Crippen molar-refractivity contribution < 1.29 is 4.79 Å². The predicted molar refractivity (Wildman–Crippen MR) is 131 cm³/mol. The van der Waals surface area contributed by atoms with Gasteiger partial charge in [0, 0.05) is 49.2 Å². The van der Waals surface area contributed by atoms with Gasteiger partial charge in [-0.05, 0) is 67.9 Å². The quantitative estimate of drug-likeness (QED) is 0.426. The van der Waals surface area contributed by atoms with Crippen molar-refractivity contribution in [2.45, 2.75) is 39.2 Å². The van der Waals surface area contributed by atoms with Crippen molar-refractivity contribution >= 4 is 16.8 Å². The van der Waals surface area contributed by atoms with Crippen molar-refractivity contribution in [3.63, 3.8) is 0 Å².